The van der Waals surface area contributed by atoms with Gasteiger partial charge in [0, 0.05) is 25.8 Å². The van der Waals surface area contributed by atoms with Gasteiger partial charge < -0.3 is 25.2 Å². The second-order valence-corrected chi connectivity index (χ2v) is 4.96. The fourth-order valence-electron chi connectivity index (χ4n) is 2.37. The average molecular weight is 294 g/mol. The van der Waals surface area contributed by atoms with Crippen LogP contribution in [-0.4, -0.2) is 52.9 Å². The third kappa shape index (κ3) is 3.71. The number of nitrogens with zero attached hydrogens (tertiary/aromatic N) is 1. The average Bonchev–Trinajstić information content (AvgIpc) is 2.82. The molecule has 1 heterocycles. The summed E-state index contributed by atoms with van der Waals surface area (Å²) < 4.78 is 5.02. The molecule has 1 aliphatic heterocycles. The summed E-state index contributed by atoms with van der Waals surface area (Å²) in [5.74, 6) is -1.12. The summed E-state index contributed by atoms with van der Waals surface area (Å²) >= 11 is 0. The predicted molar refractivity (Wildman–Crippen MR) is 74.9 cm³/mol. The molecule has 0 unspecified atom stereocenters. The number of ether oxygens (including phenoxy) is 1. The zero-order valence-electron chi connectivity index (χ0n) is 11.7. The number of hydrogen-bond acceptors (Lipinski definition) is 4. The number of benzene rings is 1. The fourth-order valence-corrected chi connectivity index (χ4v) is 2.37. The van der Waals surface area contributed by atoms with Gasteiger partial charge in [0.25, 0.3) is 0 Å². The molecule has 0 saturated carbocycles. The lowest BCUT2D eigenvalue weighted by atomic mass is 10.2. The van der Waals surface area contributed by atoms with Gasteiger partial charge in [-0.1, -0.05) is 12.1 Å². The van der Waals surface area contributed by atoms with Crippen LogP contribution < -0.4 is 5.32 Å². The van der Waals surface area contributed by atoms with Crippen molar-refractivity contribution in [2.45, 2.75) is 25.2 Å². The summed E-state index contributed by atoms with van der Waals surface area (Å²) in [6.45, 7) is 0.435. The van der Waals surface area contributed by atoms with Gasteiger partial charge in [-0.15, -0.1) is 0 Å². The number of carboxylic acids is 1. The lowest BCUT2D eigenvalue weighted by Gasteiger charge is -2.21. The molecule has 7 nitrogen and oxygen atoms in total. The highest BCUT2D eigenvalue weighted by Crippen LogP contribution is 2.20. The van der Waals surface area contributed by atoms with E-state index < -0.39 is 24.1 Å². The SMILES string of the molecule is COCc1cccc(NC(=O)N2C[C@H](O)C[C@@H]2C(=O)O)c1. The molecular weight excluding hydrogens is 276 g/mol. The minimum Gasteiger partial charge on any atom is -0.480 e. The number of β-amino-alcohol motifs (C(OH)–C–C–N with tert-alkyl or cyclic N) is 1. The molecule has 2 rings (SSSR count). The van der Waals surface area contributed by atoms with Gasteiger partial charge in [0.2, 0.25) is 0 Å². The van der Waals surface area contributed by atoms with Gasteiger partial charge in [-0.3, -0.25) is 0 Å². The number of likely N-dealkylation sites (tertiary alicyclic amines) is 1. The summed E-state index contributed by atoms with van der Waals surface area (Å²) in [4.78, 5) is 24.4. The fraction of sp³-hybridized carbons (Fsp3) is 0.429. The molecule has 1 aromatic rings. The van der Waals surface area contributed by atoms with Crippen molar-refractivity contribution >= 4 is 17.7 Å². The molecule has 0 aromatic heterocycles. The maximum Gasteiger partial charge on any atom is 0.326 e. The second kappa shape index (κ2) is 6.55. The summed E-state index contributed by atoms with van der Waals surface area (Å²) in [5, 5.41) is 21.3. The Morgan fingerprint density at radius 2 is 2.24 bits per heavy atom. The number of aliphatic carboxylic acids is 1. The Balaban J connectivity index is 2.07. The molecule has 0 radical (unpaired) electrons. The van der Waals surface area contributed by atoms with Crippen LogP contribution in [-0.2, 0) is 16.1 Å². The number of amides is 2. The van der Waals surface area contributed by atoms with E-state index in [-0.39, 0.29) is 13.0 Å². The number of aliphatic hydroxyl groups excluding tert-OH is 1. The van der Waals surface area contributed by atoms with Crippen LogP contribution in [0.15, 0.2) is 24.3 Å². The molecule has 114 valence electrons. The van der Waals surface area contributed by atoms with Gasteiger partial charge in [-0.2, -0.15) is 0 Å². The maximum atomic E-state index is 12.2. The summed E-state index contributed by atoms with van der Waals surface area (Å²) in [6.07, 6.45) is -0.761. The zero-order valence-corrected chi connectivity index (χ0v) is 11.7. The van der Waals surface area contributed by atoms with Gasteiger partial charge in [-0.25, -0.2) is 9.59 Å². The first-order valence-corrected chi connectivity index (χ1v) is 6.57. The minimum absolute atomic E-state index is 0.0144. The lowest BCUT2D eigenvalue weighted by Crippen LogP contribution is -2.43. The Hall–Kier alpha value is -2.12. The highest BCUT2D eigenvalue weighted by atomic mass is 16.5. The van der Waals surface area contributed by atoms with Crippen molar-refractivity contribution in [2.75, 3.05) is 19.0 Å². The van der Waals surface area contributed by atoms with Gasteiger partial charge in [0.05, 0.1) is 12.7 Å². The molecule has 7 heteroatoms. The van der Waals surface area contributed by atoms with E-state index in [1.807, 2.05) is 6.07 Å². The first-order chi connectivity index (χ1) is 10.0. The number of urea groups is 1. The third-order valence-electron chi connectivity index (χ3n) is 3.31. The van der Waals surface area contributed by atoms with Crippen LogP contribution in [0.2, 0.25) is 0 Å². The standard InChI is InChI=1S/C14H18N2O5/c1-21-8-9-3-2-4-10(5-9)15-14(20)16-7-11(17)6-12(16)13(18)19/h2-5,11-12,17H,6-8H2,1H3,(H,15,20)(H,18,19)/t11-,12-/m1/s1. The Morgan fingerprint density at radius 3 is 2.90 bits per heavy atom. The Bertz CT molecular complexity index is 534. The number of carboxylic acid groups (broad SMARTS) is 1. The molecule has 0 spiro atoms. The van der Waals surface area contributed by atoms with E-state index in [1.165, 1.54) is 0 Å². The summed E-state index contributed by atoms with van der Waals surface area (Å²) in [6, 6.07) is 5.56. The van der Waals surface area contributed by atoms with Crippen molar-refractivity contribution in [3.05, 3.63) is 29.8 Å². The van der Waals surface area contributed by atoms with Crippen molar-refractivity contribution in [2.24, 2.45) is 0 Å². The molecule has 1 aromatic carbocycles. The number of methoxy groups -OCH3 is 1. The smallest absolute Gasteiger partial charge is 0.326 e. The Labute approximate surface area is 122 Å². The zero-order chi connectivity index (χ0) is 15.4. The van der Waals surface area contributed by atoms with E-state index in [9.17, 15) is 14.7 Å². The highest BCUT2D eigenvalue weighted by Gasteiger charge is 2.38. The lowest BCUT2D eigenvalue weighted by molar-refractivity contribution is -0.141. The molecular formula is C14H18N2O5. The van der Waals surface area contributed by atoms with Crippen molar-refractivity contribution in [3.8, 4) is 0 Å². The van der Waals surface area contributed by atoms with Crippen LogP contribution in [0, 0.1) is 0 Å². The number of anilines is 1. The van der Waals surface area contributed by atoms with E-state index in [0.717, 1.165) is 10.5 Å². The number of carbonyl (C=O) groups excluding carboxylic acids is 1. The van der Waals surface area contributed by atoms with Crippen LogP contribution >= 0.6 is 0 Å². The number of nitrogens with one attached hydrogen (secondary N) is 1. The number of carbonyl (C=O) groups is 2. The number of rotatable bonds is 4. The molecule has 21 heavy (non-hydrogen) atoms. The van der Waals surface area contributed by atoms with Gasteiger partial charge >= 0.3 is 12.0 Å². The minimum atomic E-state index is -1.12. The maximum absolute atomic E-state index is 12.2. The molecule has 3 N–H and O–H groups in total. The normalized spacial score (nSPS) is 21.3. The molecule has 2 atom stereocenters. The molecule has 1 saturated heterocycles. The molecule has 1 aliphatic rings. The Morgan fingerprint density at radius 1 is 1.48 bits per heavy atom. The van der Waals surface area contributed by atoms with Crippen LogP contribution in [0.5, 0.6) is 0 Å². The van der Waals surface area contributed by atoms with E-state index in [0.29, 0.717) is 12.3 Å². The van der Waals surface area contributed by atoms with Crippen LogP contribution in [0.3, 0.4) is 0 Å². The summed E-state index contributed by atoms with van der Waals surface area (Å²) in [5.41, 5.74) is 1.45. The van der Waals surface area contributed by atoms with Crippen LogP contribution in [0.25, 0.3) is 0 Å². The molecule has 2 amide bonds. The van der Waals surface area contributed by atoms with E-state index in [1.54, 1.807) is 25.3 Å². The van der Waals surface area contributed by atoms with Gasteiger partial charge in [-0.05, 0) is 17.7 Å². The molecule has 1 fully saturated rings. The topological polar surface area (TPSA) is 99.1 Å². The number of hydrogen-bond donors (Lipinski definition) is 3. The Kier molecular flexibility index (Phi) is 4.77. The van der Waals surface area contributed by atoms with Crippen molar-refractivity contribution in [1.82, 2.24) is 4.90 Å². The first kappa shape index (κ1) is 15.3. The summed E-state index contributed by atoms with van der Waals surface area (Å²) in [7, 11) is 1.58. The molecule has 0 bridgehead atoms. The largest absolute Gasteiger partial charge is 0.480 e. The van der Waals surface area contributed by atoms with Crippen molar-refractivity contribution in [3.63, 3.8) is 0 Å². The van der Waals surface area contributed by atoms with E-state index in [2.05, 4.69) is 5.32 Å². The second-order valence-electron chi connectivity index (χ2n) is 4.96. The predicted octanol–water partition coefficient (Wildman–Crippen LogP) is 0.885. The van der Waals surface area contributed by atoms with Crippen LogP contribution in [0.1, 0.15) is 12.0 Å². The van der Waals surface area contributed by atoms with Gasteiger partial charge in [0.15, 0.2) is 0 Å². The van der Waals surface area contributed by atoms with Crippen molar-refractivity contribution in [1.29, 1.82) is 0 Å². The van der Waals surface area contributed by atoms with E-state index in [4.69, 9.17) is 9.84 Å². The van der Waals surface area contributed by atoms with Gasteiger partial charge in [0.1, 0.15) is 6.04 Å². The number of aliphatic hydroxyl groups is 1. The highest BCUT2D eigenvalue weighted by molar-refractivity contribution is 5.92. The first-order valence-electron chi connectivity index (χ1n) is 6.57. The van der Waals surface area contributed by atoms with E-state index >= 15 is 0 Å². The van der Waals surface area contributed by atoms with Crippen molar-refractivity contribution < 1.29 is 24.5 Å². The third-order valence-corrected chi connectivity index (χ3v) is 3.31. The quantitative estimate of drug-likeness (QED) is 0.765. The molecule has 0 aliphatic carbocycles. The van der Waals surface area contributed by atoms with Crippen LogP contribution in [0.4, 0.5) is 10.5 Å². The monoisotopic (exact) mass is 294 g/mol.